The summed E-state index contributed by atoms with van der Waals surface area (Å²) in [5, 5.41) is 3.34. The first-order chi connectivity index (χ1) is 15.8. The first-order valence-electron chi connectivity index (χ1n) is 12.1. The van der Waals surface area contributed by atoms with Gasteiger partial charge in [0.05, 0.1) is 17.0 Å². The quantitative estimate of drug-likeness (QED) is 0.557. The highest BCUT2D eigenvalue weighted by Gasteiger charge is 2.37. The summed E-state index contributed by atoms with van der Waals surface area (Å²) < 4.78 is 0. The molecule has 7 bridgehead atoms. The number of nitrogens with two attached hydrogens (primary N) is 1. The van der Waals surface area contributed by atoms with Crippen LogP contribution in [-0.4, -0.2) is 31.9 Å². The molecule has 7 rings (SSSR count). The van der Waals surface area contributed by atoms with Crippen LogP contribution >= 0.6 is 0 Å². The molecule has 0 atom stereocenters. The van der Waals surface area contributed by atoms with Gasteiger partial charge in [-0.1, -0.05) is 24.3 Å². The SMILES string of the molecule is CC1(C)CCc2ccc(cc2)-c2ncc3c(n2)-c2[nH]c(CC4(N)CCC4)c(c2CC3)C(=O)N1. The number of nitrogens with zero attached hydrogens (tertiary/aromatic N) is 2. The maximum Gasteiger partial charge on any atom is 0.253 e. The standard InChI is InChI=1S/C27H31N5O/c1-26(2)13-10-16-4-6-17(7-5-16)24-29-15-18-8-9-19-21(25(33)32-26)20(14-27(28)11-3-12-27)30-23(19)22(18)31-24/h4-7,15,30H,3,8-14,28H2,1-2H3,(H,32,33). The molecule has 2 aliphatic heterocycles. The van der Waals surface area contributed by atoms with Crippen molar-refractivity contribution in [2.45, 2.75) is 76.3 Å². The second kappa shape index (κ2) is 7.26. The van der Waals surface area contributed by atoms with Gasteiger partial charge >= 0.3 is 0 Å². The van der Waals surface area contributed by atoms with Gasteiger partial charge in [-0.25, -0.2) is 9.97 Å². The van der Waals surface area contributed by atoms with E-state index in [0.29, 0.717) is 6.42 Å². The number of aryl methyl sites for hydroxylation is 2. The third-order valence-corrected chi connectivity index (χ3v) is 7.73. The zero-order valence-electron chi connectivity index (χ0n) is 19.4. The summed E-state index contributed by atoms with van der Waals surface area (Å²) in [5.41, 5.74) is 14.2. The van der Waals surface area contributed by atoms with Gasteiger partial charge in [-0.3, -0.25) is 4.79 Å². The zero-order valence-corrected chi connectivity index (χ0v) is 19.4. The average Bonchev–Trinajstić information content (AvgIpc) is 3.14. The number of hydrogen-bond donors (Lipinski definition) is 3. The number of hydrogen-bond acceptors (Lipinski definition) is 4. The summed E-state index contributed by atoms with van der Waals surface area (Å²) >= 11 is 0. The van der Waals surface area contributed by atoms with Crippen LogP contribution in [0.15, 0.2) is 30.5 Å². The van der Waals surface area contributed by atoms with Gasteiger partial charge in [0.15, 0.2) is 5.82 Å². The number of H-pyrrole nitrogens is 1. The molecule has 1 amide bonds. The topological polar surface area (TPSA) is 96.7 Å². The Hall–Kier alpha value is -2.99. The Labute approximate surface area is 194 Å². The van der Waals surface area contributed by atoms with Crippen molar-refractivity contribution in [2.24, 2.45) is 5.73 Å². The molecule has 2 aliphatic carbocycles. The molecule has 3 aromatic rings. The van der Waals surface area contributed by atoms with Crippen LogP contribution < -0.4 is 11.1 Å². The molecular formula is C27H31N5O. The molecule has 4 aliphatic rings. The number of aromatic amines is 1. The van der Waals surface area contributed by atoms with E-state index in [-0.39, 0.29) is 17.0 Å². The van der Waals surface area contributed by atoms with Gasteiger partial charge in [-0.15, -0.1) is 0 Å². The smallest absolute Gasteiger partial charge is 0.253 e. The molecule has 2 aromatic heterocycles. The molecule has 0 radical (unpaired) electrons. The minimum atomic E-state index is -0.328. The number of aromatic nitrogens is 3. The fourth-order valence-corrected chi connectivity index (χ4v) is 5.53. The summed E-state index contributed by atoms with van der Waals surface area (Å²) in [4.78, 5) is 27.0. The van der Waals surface area contributed by atoms with Crippen molar-refractivity contribution in [1.29, 1.82) is 0 Å². The molecular weight excluding hydrogens is 410 g/mol. The first kappa shape index (κ1) is 20.6. The number of carbonyl (C=O) groups excluding carboxylic acids is 1. The Balaban J connectivity index is 1.55. The summed E-state index contributed by atoms with van der Waals surface area (Å²) in [6.45, 7) is 4.22. The minimum Gasteiger partial charge on any atom is -0.356 e. The molecule has 0 spiro atoms. The van der Waals surface area contributed by atoms with Crippen LogP contribution in [0.1, 0.15) is 72.3 Å². The molecule has 6 heteroatoms. The lowest BCUT2D eigenvalue weighted by atomic mass is 9.74. The third kappa shape index (κ3) is 3.57. The van der Waals surface area contributed by atoms with Crippen molar-refractivity contribution >= 4 is 5.91 Å². The Kier molecular flexibility index (Phi) is 4.53. The number of rotatable bonds is 2. The number of fused-ring (bicyclic) bond motifs is 6. The molecule has 0 saturated heterocycles. The van der Waals surface area contributed by atoms with Gasteiger partial charge in [-0.2, -0.15) is 0 Å². The van der Waals surface area contributed by atoms with Crippen molar-refractivity contribution in [3.05, 3.63) is 58.4 Å². The van der Waals surface area contributed by atoms with Crippen molar-refractivity contribution in [3.63, 3.8) is 0 Å². The minimum absolute atomic E-state index is 0.00205. The Morgan fingerprint density at radius 3 is 2.58 bits per heavy atom. The van der Waals surface area contributed by atoms with Crippen molar-refractivity contribution in [3.8, 4) is 22.8 Å². The fourth-order valence-electron chi connectivity index (χ4n) is 5.53. The highest BCUT2D eigenvalue weighted by Crippen LogP contribution is 2.39. The molecule has 170 valence electrons. The summed E-state index contributed by atoms with van der Waals surface area (Å²) in [6.07, 6.45) is 9.18. The first-order valence-corrected chi connectivity index (χ1v) is 12.1. The highest BCUT2D eigenvalue weighted by atomic mass is 16.1. The predicted molar refractivity (Wildman–Crippen MR) is 129 cm³/mol. The van der Waals surface area contributed by atoms with Gasteiger partial charge in [-0.05, 0) is 75.5 Å². The van der Waals surface area contributed by atoms with Crippen molar-refractivity contribution < 1.29 is 4.79 Å². The van der Waals surface area contributed by atoms with E-state index in [1.807, 2.05) is 6.20 Å². The van der Waals surface area contributed by atoms with Crippen LogP contribution in [0.5, 0.6) is 0 Å². The van der Waals surface area contributed by atoms with E-state index in [4.69, 9.17) is 10.7 Å². The predicted octanol–water partition coefficient (Wildman–Crippen LogP) is 4.12. The summed E-state index contributed by atoms with van der Waals surface area (Å²) in [7, 11) is 0. The van der Waals surface area contributed by atoms with Gasteiger partial charge in [0.25, 0.3) is 5.91 Å². The van der Waals surface area contributed by atoms with Gasteiger partial charge in [0.2, 0.25) is 0 Å². The van der Waals surface area contributed by atoms with E-state index in [1.165, 1.54) is 5.56 Å². The molecule has 1 fully saturated rings. The lowest BCUT2D eigenvalue weighted by molar-refractivity contribution is 0.0907. The van der Waals surface area contributed by atoms with Crippen molar-refractivity contribution in [2.75, 3.05) is 0 Å². The van der Waals surface area contributed by atoms with Crippen molar-refractivity contribution in [1.82, 2.24) is 20.3 Å². The van der Waals surface area contributed by atoms with Crippen LogP contribution in [0.25, 0.3) is 22.8 Å². The largest absolute Gasteiger partial charge is 0.356 e. The highest BCUT2D eigenvalue weighted by molar-refractivity contribution is 6.00. The molecule has 6 nitrogen and oxygen atoms in total. The average molecular weight is 442 g/mol. The van der Waals surface area contributed by atoms with Gasteiger partial charge in [0, 0.05) is 35.0 Å². The van der Waals surface area contributed by atoms with Crippen LogP contribution in [0, 0.1) is 0 Å². The number of nitrogens with one attached hydrogen (secondary N) is 2. The number of carbonyl (C=O) groups is 1. The molecule has 4 heterocycles. The van der Waals surface area contributed by atoms with Crippen LogP contribution in [0.4, 0.5) is 0 Å². The second-order valence-corrected chi connectivity index (χ2v) is 10.8. The fraction of sp³-hybridized carbons (Fsp3) is 0.444. The molecule has 33 heavy (non-hydrogen) atoms. The van der Waals surface area contributed by atoms with E-state index >= 15 is 0 Å². The van der Waals surface area contributed by atoms with E-state index in [2.05, 4.69) is 53.4 Å². The van der Waals surface area contributed by atoms with Crippen LogP contribution in [0.3, 0.4) is 0 Å². The number of amides is 1. The maximum atomic E-state index is 13.7. The van der Waals surface area contributed by atoms with Gasteiger partial charge in [0.1, 0.15) is 0 Å². The maximum absolute atomic E-state index is 13.7. The molecule has 0 unspecified atom stereocenters. The van der Waals surface area contributed by atoms with Crippen LogP contribution in [0.2, 0.25) is 0 Å². The zero-order chi connectivity index (χ0) is 22.8. The summed E-state index contributed by atoms with van der Waals surface area (Å²) in [6, 6.07) is 8.49. The number of benzene rings is 1. The van der Waals surface area contributed by atoms with E-state index in [0.717, 1.165) is 90.1 Å². The Bertz CT molecular complexity index is 1250. The normalized spacial score (nSPS) is 20.0. The van der Waals surface area contributed by atoms with E-state index in [1.54, 1.807) is 0 Å². The Morgan fingerprint density at radius 2 is 1.85 bits per heavy atom. The van der Waals surface area contributed by atoms with Gasteiger partial charge < -0.3 is 16.0 Å². The lowest BCUT2D eigenvalue weighted by Gasteiger charge is -2.38. The monoisotopic (exact) mass is 441 g/mol. The second-order valence-electron chi connectivity index (χ2n) is 10.8. The van der Waals surface area contributed by atoms with E-state index < -0.39 is 0 Å². The molecule has 4 N–H and O–H groups in total. The van der Waals surface area contributed by atoms with Crippen LogP contribution in [-0.2, 0) is 25.7 Å². The third-order valence-electron chi connectivity index (χ3n) is 7.73. The Morgan fingerprint density at radius 1 is 1.06 bits per heavy atom. The lowest BCUT2D eigenvalue weighted by Crippen LogP contribution is -2.49. The molecule has 1 saturated carbocycles. The van der Waals surface area contributed by atoms with E-state index in [9.17, 15) is 4.79 Å². The molecule has 1 aromatic carbocycles. The summed E-state index contributed by atoms with van der Waals surface area (Å²) in [5.74, 6) is 0.720.